The van der Waals surface area contributed by atoms with Gasteiger partial charge in [-0.3, -0.25) is 4.79 Å². The van der Waals surface area contributed by atoms with Crippen LogP contribution in [0.15, 0.2) is 23.2 Å². The fraction of sp³-hybridized carbons (Fsp3) is 0.308. The summed E-state index contributed by atoms with van der Waals surface area (Å²) >= 11 is 7.75. The fourth-order valence-electron chi connectivity index (χ4n) is 1.48. The number of anilines is 2. The molecule has 0 radical (unpaired) electrons. The summed E-state index contributed by atoms with van der Waals surface area (Å²) in [5.41, 5.74) is 1.38. The minimum atomic E-state index is -1.24. The van der Waals surface area contributed by atoms with Crippen LogP contribution < -0.4 is 45.3 Å². The molecule has 0 fully saturated rings. The number of ether oxygens (including phenoxy) is 1. The molecule has 1 atom stereocenters. The smallest absolute Gasteiger partial charge is 0.548 e. The van der Waals surface area contributed by atoms with E-state index in [9.17, 15) is 14.7 Å². The number of carbonyl (C=O) groups is 2. The Hall–Kier alpha value is -0.870. The zero-order chi connectivity index (χ0) is 16.5. The largest absolute Gasteiger partial charge is 1.00 e. The number of amides is 1. The van der Waals surface area contributed by atoms with E-state index in [-0.39, 0.29) is 47.2 Å². The molecule has 2 N–H and O–H groups in total. The predicted octanol–water partition coefficient (Wildman–Crippen LogP) is -2.33. The molecule has 1 rings (SSSR count). The number of nitrogens with zero attached hydrogens (tertiary/aromatic N) is 1. The minimum absolute atomic E-state index is 0. The zero-order valence-corrected chi connectivity index (χ0v) is 16.6. The van der Waals surface area contributed by atoms with Crippen LogP contribution in [0.4, 0.5) is 17.1 Å². The number of nitrogens with one attached hydrogen (secondary N) is 2. The van der Waals surface area contributed by atoms with Crippen LogP contribution in [0.3, 0.4) is 0 Å². The Morgan fingerprint density at radius 2 is 2.00 bits per heavy atom. The molecule has 0 spiro atoms. The van der Waals surface area contributed by atoms with E-state index >= 15 is 0 Å². The minimum Gasteiger partial charge on any atom is -0.548 e. The summed E-state index contributed by atoms with van der Waals surface area (Å²) < 4.78 is 4.89. The first-order valence-corrected chi connectivity index (χ1v) is 7.51. The third kappa shape index (κ3) is 8.52. The molecule has 0 heterocycles. The van der Waals surface area contributed by atoms with Crippen molar-refractivity contribution in [2.24, 2.45) is 4.99 Å². The van der Waals surface area contributed by atoms with Gasteiger partial charge in [-0.2, -0.15) is 12.6 Å². The van der Waals surface area contributed by atoms with E-state index in [4.69, 9.17) is 4.74 Å². The molecule has 1 aromatic carbocycles. The van der Waals surface area contributed by atoms with Crippen molar-refractivity contribution in [1.82, 2.24) is 0 Å². The van der Waals surface area contributed by atoms with Crippen LogP contribution in [0.25, 0.3) is 0 Å². The summed E-state index contributed by atoms with van der Waals surface area (Å²) in [4.78, 5) is 26.2. The van der Waals surface area contributed by atoms with Crippen molar-refractivity contribution in [3.63, 3.8) is 0 Å². The summed E-state index contributed by atoms with van der Waals surface area (Å²) in [6.07, 6.45) is 1.21. The molecule has 0 aliphatic carbocycles. The standard InChI is InChI=1S/C13H17N3O4S2.Na/c1-8(13(18)19)15-10-2-9(14-6-20-7-22)3-11(4-10)16-12(17)5-21;/h2-4,6,8,15,21-22H,5,7H2,1H3,(H,16,17)(H,18,19);/q;+1/p-1. The number of hydrogen-bond donors (Lipinski definition) is 4. The number of hydrogen-bond acceptors (Lipinski definition) is 8. The van der Waals surface area contributed by atoms with Crippen LogP contribution in [-0.2, 0) is 14.3 Å². The van der Waals surface area contributed by atoms with Gasteiger partial charge in [0.2, 0.25) is 5.91 Å². The molecule has 10 heteroatoms. The van der Waals surface area contributed by atoms with Gasteiger partial charge >= 0.3 is 29.6 Å². The maximum absolute atomic E-state index is 11.4. The van der Waals surface area contributed by atoms with Crippen molar-refractivity contribution in [2.75, 3.05) is 22.3 Å². The second-order valence-electron chi connectivity index (χ2n) is 4.19. The number of thiol groups is 2. The molecule has 0 saturated carbocycles. The Kier molecular flexibility index (Phi) is 11.2. The van der Waals surface area contributed by atoms with Crippen molar-refractivity contribution in [1.29, 1.82) is 0 Å². The van der Waals surface area contributed by atoms with Gasteiger partial charge in [0.05, 0.1) is 23.5 Å². The average molecular weight is 365 g/mol. The van der Waals surface area contributed by atoms with E-state index in [0.29, 0.717) is 17.1 Å². The quantitative estimate of drug-likeness (QED) is 0.136. The number of rotatable bonds is 8. The van der Waals surface area contributed by atoms with Gasteiger partial charge in [-0.15, -0.1) is 12.6 Å². The van der Waals surface area contributed by atoms with Crippen LogP contribution >= 0.6 is 25.3 Å². The van der Waals surface area contributed by atoms with E-state index in [1.165, 1.54) is 13.3 Å². The van der Waals surface area contributed by atoms with E-state index in [1.807, 2.05) is 0 Å². The maximum Gasteiger partial charge on any atom is 1.00 e. The number of benzene rings is 1. The molecular weight excluding hydrogens is 349 g/mol. The zero-order valence-electron chi connectivity index (χ0n) is 12.8. The third-order valence-corrected chi connectivity index (χ3v) is 2.87. The van der Waals surface area contributed by atoms with Crippen LogP contribution in [0.1, 0.15) is 6.92 Å². The summed E-state index contributed by atoms with van der Waals surface area (Å²) in [6, 6.07) is 3.89. The normalized spacial score (nSPS) is 11.4. The summed E-state index contributed by atoms with van der Waals surface area (Å²) in [7, 11) is 0. The van der Waals surface area contributed by atoms with E-state index < -0.39 is 12.0 Å². The summed E-state index contributed by atoms with van der Waals surface area (Å²) in [5.74, 6) is -1.34. The van der Waals surface area contributed by atoms with Crippen LogP contribution in [0, 0.1) is 0 Å². The van der Waals surface area contributed by atoms with Crippen LogP contribution in [0.2, 0.25) is 0 Å². The average Bonchev–Trinajstić information content (AvgIpc) is 2.47. The molecule has 0 saturated heterocycles. The van der Waals surface area contributed by atoms with E-state index in [1.54, 1.807) is 18.2 Å². The Balaban J connectivity index is 0.00000484. The van der Waals surface area contributed by atoms with Gasteiger partial charge in [0.25, 0.3) is 0 Å². The van der Waals surface area contributed by atoms with Crippen molar-refractivity contribution in [2.45, 2.75) is 13.0 Å². The number of carboxylic acid groups (broad SMARTS) is 1. The number of carboxylic acids is 1. The molecule has 1 amide bonds. The summed E-state index contributed by atoms with van der Waals surface area (Å²) in [5, 5.41) is 16.2. The van der Waals surface area contributed by atoms with E-state index in [0.717, 1.165) is 0 Å². The molecule has 1 aromatic rings. The van der Waals surface area contributed by atoms with Crippen LogP contribution in [0.5, 0.6) is 0 Å². The predicted molar refractivity (Wildman–Crippen MR) is 90.1 cm³/mol. The number of carbonyl (C=O) groups excluding carboxylic acids is 2. The van der Waals surface area contributed by atoms with Gasteiger partial charge in [-0.25, -0.2) is 4.99 Å². The van der Waals surface area contributed by atoms with Crippen LogP contribution in [-0.4, -0.2) is 36.0 Å². The molecule has 120 valence electrons. The molecule has 0 aliphatic heterocycles. The third-order valence-electron chi connectivity index (χ3n) is 2.43. The molecule has 23 heavy (non-hydrogen) atoms. The van der Waals surface area contributed by atoms with Crippen molar-refractivity contribution >= 4 is 60.6 Å². The van der Waals surface area contributed by atoms with Crippen molar-refractivity contribution in [3.8, 4) is 0 Å². The first kappa shape index (κ1) is 22.1. The monoisotopic (exact) mass is 365 g/mol. The maximum atomic E-state index is 11.4. The summed E-state index contributed by atoms with van der Waals surface area (Å²) in [6.45, 7) is 1.45. The fourth-order valence-corrected chi connectivity index (χ4v) is 1.63. The molecular formula is C13H16N3NaO4S2. The van der Waals surface area contributed by atoms with Crippen molar-refractivity contribution < 1.29 is 49.0 Å². The molecule has 0 bridgehead atoms. The van der Waals surface area contributed by atoms with Gasteiger partial charge in [0.1, 0.15) is 5.94 Å². The Bertz CT molecular complexity index is 572. The molecule has 1 unspecified atom stereocenters. The molecule has 7 nitrogen and oxygen atoms in total. The number of aliphatic carboxylic acids is 1. The van der Waals surface area contributed by atoms with Gasteiger partial charge < -0.3 is 25.3 Å². The van der Waals surface area contributed by atoms with Gasteiger partial charge in [0, 0.05) is 11.4 Å². The topological polar surface area (TPSA) is 103 Å². The molecule has 0 aliphatic rings. The first-order valence-electron chi connectivity index (χ1n) is 6.24. The SMILES string of the molecule is CC(Nc1cc(N=COCS)cc(NC(=O)CS)c1)C(=O)[O-].[Na+]. The Labute approximate surface area is 167 Å². The van der Waals surface area contributed by atoms with Gasteiger partial charge in [-0.05, 0) is 25.1 Å². The Morgan fingerprint density at radius 3 is 2.57 bits per heavy atom. The second kappa shape index (κ2) is 11.6. The molecule has 0 aromatic heterocycles. The number of aliphatic imine (C=N–C) groups is 1. The van der Waals surface area contributed by atoms with Gasteiger partial charge in [0.15, 0.2) is 6.40 Å². The van der Waals surface area contributed by atoms with Gasteiger partial charge in [-0.1, -0.05) is 0 Å². The Morgan fingerprint density at radius 1 is 1.35 bits per heavy atom. The van der Waals surface area contributed by atoms with Crippen molar-refractivity contribution in [3.05, 3.63) is 18.2 Å². The second-order valence-corrected chi connectivity index (χ2v) is 4.76. The first-order chi connectivity index (χ1) is 10.5. The van der Waals surface area contributed by atoms with E-state index in [2.05, 4.69) is 40.9 Å².